The molecule has 3 aliphatic rings. The van der Waals surface area contributed by atoms with Crippen LogP contribution >= 0.6 is 0 Å². The van der Waals surface area contributed by atoms with Gasteiger partial charge in [-0.1, -0.05) is 18.2 Å². The second-order valence-corrected chi connectivity index (χ2v) is 7.67. The quantitative estimate of drug-likeness (QED) is 0.826. The van der Waals surface area contributed by atoms with Crippen molar-refractivity contribution in [2.45, 2.75) is 37.0 Å². The van der Waals surface area contributed by atoms with Gasteiger partial charge in [0.05, 0.1) is 25.7 Å². The van der Waals surface area contributed by atoms with E-state index in [0.29, 0.717) is 6.42 Å². The third-order valence-electron chi connectivity index (χ3n) is 6.23. The van der Waals surface area contributed by atoms with Crippen LogP contribution in [0.1, 0.15) is 24.0 Å². The van der Waals surface area contributed by atoms with Crippen LogP contribution in [0, 0.1) is 0 Å². The molecule has 1 aliphatic carbocycles. The molecule has 5 rings (SSSR count). The van der Waals surface area contributed by atoms with Gasteiger partial charge in [-0.2, -0.15) is 0 Å². The van der Waals surface area contributed by atoms with Gasteiger partial charge in [0.25, 0.3) is 0 Å². The van der Waals surface area contributed by atoms with Gasteiger partial charge in [0.1, 0.15) is 17.7 Å². The first-order valence-electron chi connectivity index (χ1n) is 9.64. The molecule has 1 aromatic heterocycles. The van der Waals surface area contributed by atoms with E-state index in [9.17, 15) is 5.11 Å². The zero-order valence-electron chi connectivity index (χ0n) is 16.1. The Morgan fingerprint density at radius 1 is 1.25 bits per heavy atom. The lowest BCUT2D eigenvalue weighted by atomic mass is 9.69. The standard InChI is InChI=1S/C22H24N2O4/c1-26-16-6-9-23-19(12-16)24-10-8-22-7-5-15(25)11-18(22)28-21-17(27-2)4-3-14(13-24)20(21)22/h3-7,9,12,15,18,25H,8,10-11,13H2,1-2H3/t15-,18-,22-/m0/s1. The van der Waals surface area contributed by atoms with Gasteiger partial charge < -0.3 is 24.2 Å². The predicted molar refractivity (Wildman–Crippen MR) is 105 cm³/mol. The van der Waals surface area contributed by atoms with E-state index in [2.05, 4.69) is 22.0 Å². The van der Waals surface area contributed by atoms with E-state index < -0.39 is 6.10 Å². The number of rotatable bonds is 3. The zero-order valence-corrected chi connectivity index (χ0v) is 16.1. The van der Waals surface area contributed by atoms with Crippen LogP contribution in [0.25, 0.3) is 0 Å². The molecule has 28 heavy (non-hydrogen) atoms. The Balaban J connectivity index is 1.63. The van der Waals surface area contributed by atoms with E-state index in [1.807, 2.05) is 24.3 Å². The number of methoxy groups -OCH3 is 2. The van der Waals surface area contributed by atoms with Crippen LogP contribution in [0.2, 0.25) is 0 Å². The van der Waals surface area contributed by atoms with Gasteiger partial charge >= 0.3 is 0 Å². The number of ether oxygens (including phenoxy) is 3. The smallest absolute Gasteiger partial charge is 0.166 e. The molecule has 1 spiro atoms. The SMILES string of the molecule is COc1ccnc(N2CC[C@@]34C=C[C@H](O)C[C@@H]3Oc3c(OC)ccc(c34)C2)c1. The van der Waals surface area contributed by atoms with E-state index in [4.69, 9.17) is 14.2 Å². The normalized spacial score (nSPS) is 27.5. The van der Waals surface area contributed by atoms with Gasteiger partial charge in [-0.3, -0.25) is 0 Å². The van der Waals surface area contributed by atoms with E-state index in [-0.39, 0.29) is 11.5 Å². The van der Waals surface area contributed by atoms with Gasteiger partial charge in [0.2, 0.25) is 0 Å². The largest absolute Gasteiger partial charge is 0.497 e. The van der Waals surface area contributed by atoms with Crippen molar-refractivity contribution in [3.05, 3.63) is 53.7 Å². The van der Waals surface area contributed by atoms with Crippen molar-refractivity contribution >= 4 is 5.82 Å². The fraction of sp³-hybridized carbons (Fsp3) is 0.409. The molecule has 0 saturated heterocycles. The highest BCUT2D eigenvalue weighted by molar-refractivity contribution is 5.62. The first kappa shape index (κ1) is 17.4. The van der Waals surface area contributed by atoms with Crippen molar-refractivity contribution in [1.29, 1.82) is 0 Å². The summed E-state index contributed by atoms with van der Waals surface area (Å²) in [5, 5.41) is 10.2. The summed E-state index contributed by atoms with van der Waals surface area (Å²) in [6, 6.07) is 7.94. The van der Waals surface area contributed by atoms with E-state index in [1.54, 1.807) is 20.4 Å². The fourth-order valence-corrected chi connectivity index (χ4v) is 4.83. The fourth-order valence-electron chi connectivity index (χ4n) is 4.83. The molecule has 6 nitrogen and oxygen atoms in total. The molecule has 2 aromatic rings. The summed E-state index contributed by atoms with van der Waals surface area (Å²) in [6.45, 7) is 1.57. The predicted octanol–water partition coefficient (Wildman–Crippen LogP) is 2.83. The number of pyridine rings is 1. The molecule has 1 N–H and O–H groups in total. The molecule has 146 valence electrons. The summed E-state index contributed by atoms with van der Waals surface area (Å²) in [7, 11) is 3.34. The molecule has 3 heterocycles. The van der Waals surface area contributed by atoms with Crippen LogP contribution in [0.5, 0.6) is 17.2 Å². The summed E-state index contributed by atoms with van der Waals surface area (Å²) in [4.78, 5) is 6.86. The van der Waals surface area contributed by atoms with Crippen molar-refractivity contribution in [1.82, 2.24) is 4.98 Å². The maximum absolute atomic E-state index is 10.2. The van der Waals surface area contributed by atoms with E-state index in [0.717, 1.165) is 42.6 Å². The number of nitrogens with zero attached hydrogens (tertiary/aromatic N) is 2. The van der Waals surface area contributed by atoms with Crippen LogP contribution in [0.4, 0.5) is 5.82 Å². The van der Waals surface area contributed by atoms with Crippen molar-refractivity contribution in [2.75, 3.05) is 25.7 Å². The van der Waals surface area contributed by atoms with Gasteiger partial charge in [0, 0.05) is 37.3 Å². The highest BCUT2D eigenvalue weighted by atomic mass is 16.5. The van der Waals surface area contributed by atoms with Gasteiger partial charge in [-0.15, -0.1) is 0 Å². The minimum Gasteiger partial charge on any atom is -0.497 e. The second-order valence-electron chi connectivity index (χ2n) is 7.67. The lowest BCUT2D eigenvalue weighted by molar-refractivity contribution is 0.0856. The Bertz CT molecular complexity index is 944. The van der Waals surface area contributed by atoms with Crippen LogP contribution in [0.3, 0.4) is 0 Å². The molecular weight excluding hydrogens is 356 g/mol. The van der Waals surface area contributed by atoms with E-state index in [1.165, 1.54) is 11.1 Å². The van der Waals surface area contributed by atoms with Crippen molar-refractivity contribution < 1.29 is 19.3 Å². The minimum absolute atomic E-state index is 0.0873. The summed E-state index contributed by atoms with van der Waals surface area (Å²) in [5.41, 5.74) is 2.17. The minimum atomic E-state index is -0.473. The Kier molecular flexibility index (Phi) is 3.98. The maximum Gasteiger partial charge on any atom is 0.166 e. The number of aliphatic hydroxyl groups excluding tert-OH is 1. The lowest BCUT2D eigenvalue weighted by Gasteiger charge is -2.35. The van der Waals surface area contributed by atoms with Crippen LogP contribution in [0.15, 0.2) is 42.6 Å². The zero-order chi connectivity index (χ0) is 19.3. The molecule has 0 bridgehead atoms. The Morgan fingerprint density at radius 2 is 2.14 bits per heavy atom. The second kappa shape index (κ2) is 6.41. The number of aliphatic hydroxyl groups is 1. The number of hydrogen-bond donors (Lipinski definition) is 1. The third kappa shape index (κ3) is 2.48. The highest BCUT2D eigenvalue weighted by Crippen LogP contribution is 2.55. The van der Waals surface area contributed by atoms with Crippen LogP contribution < -0.4 is 19.1 Å². The lowest BCUT2D eigenvalue weighted by Crippen LogP contribution is -2.43. The summed E-state index contributed by atoms with van der Waals surface area (Å²) in [6.07, 6.45) is 6.76. The summed E-state index contributed by atoms with van der Waals surface area (Å²) < 4.78 is 17.3. The third-order valence-corrected chi connectivity index (χ3v) is 6.23. The number of hydrogen-bond acceptors (Lipinski definition) is 6. The molecule has 0 unspecified atom stereocenters. The monoisotopic (exact) mass is 380 g/mol. The molecule has 2 aliphatic heterocycles. The Morgan fingerprint density at radius 3 is 2.96 bits per heavy atom. The first-order valence-corrected chi connectivity index (χ1v) is 9.64. The highest BCUT2D eigenvalue weighted by Gasteiger charge is 2.52. The van der Waals surface area contributed by atoms with Gasteiger partial charge in [0.15, 0.2) is 11.5 Å². The topological polar surface area (TPSA) is 64.1 Å². The average molecular weight is 380 g/mol. The molecule has 6 heteroatoms. The average Bonchev–Trinajstić information content (AvgIpc) is 2.95. The van der Waals surface area contributed by atoms with Gasteiger partial charge in [-0.05, 0) is 24.1 Å². The van der Waals surface area contributed by atoms with Gasteiger partial charge in [-0.25, -0.2) is 4.98 Å². The summed E-state index contributed by atoms with van der Waals surface area (Å²) in [5.74, 6) is 3.28. The Hall–Kier alpha value is -2.73. The first-order chi connectivity index (χ1) is 13.6. The molecule has 0 amide bonds. The molecule has 3 atom stereocenters. The molecular formula is C22H24N2O4. The van der Waals surface area contributed by atoms with Crippen molar-refractivity contribution in [3.8, 4) is 17.2 Å². The summed E-state index contributed by atoms with van der Waals surface area (Å²) >= 11 is 0. The number of aromatic nitrogens is 1. The Labute approximate surface area is 164 Å². The van der Waals surface area contributed by atoms with Crippen molar-refractivity contribution in [2.24, 2.45) is 0 Å². The van der Waals surface area contributed by atoms with E-state index >= 15 is 0 Å². The molecule has 1 aromatic carbocycles. The maximum atomic E-state index is 10.2. The molecule has 0 fully saturated rings. The molecule has 0 saturated carbocycles. The van der Waals surface area contributed by atoms with Crippen LogP contribution in [-0.4, -0.2) is 43.1 Å². The van der Waals surface area contributed by atoms with Crippen molar-refractivity contribution in [3.63, 3.8) is 0 Å². The van der Waals surface area contributed by atoms with Crippen LogP contribution in [-0.2, 0) is 12.0 Å². The number of anilines is 1. The number of benzene rings is 1. The molecule has 0 radical (unpaired) electrons.